The maximum atomic E-state index is 9.92. The van der Waals surface area contributed by atoms with Crippen molar-refractivity contribution in [3.05, 3.63) is 0 Å². The summed E-state index contributed by atoms with van der Waals surface area (Å²) in [6, 6.07) is -0.0556. The first-order chi connectivity index (χ1) is 7.51. The lowest BCUT2D eigenvalue weighted by Crippen LogP contribution is -2.63. The van der Waals surface area contributed by atoms with E-state index in [9.17, 15) is 5.11 Å². The van der Waals surface area contributed by atoms with Crippen LogP contribution in [-0.2, 0) is 0 Å². The first-order valence-electron chi connectivity index (χ1n) is 6.29. The lowest BCUT2D eigenvalue weighted by atomic mass is 9.75. The zero-order valence-electron chi connectivity index (χ0n) is 10.5. The Bertz CT molecular complexity index is 203. The minimum Gasteiger partial charge on any atom is -0.395 e. The average Bonchev–Trinajstić information content (AvgIpc) is 2.17. The van der Waals surface area contributed by atoms with Gasteiger partial charge in [0.15, 0.2) is 0 Å². The van der Waals surface area contributed by atoms with Gasteiger partial charge in [-0.1, -0.05) is 19.3 Å². The van der Waals surface area contributed by atoms with Crippen LogP contribution in [0.4, 0.5) is 0 Å². The van der Waals surface area contributed by atoms with Crippen LogP contribution in [0.25, 0.3) is 0 Å². The summed E-state index contributed by atoms with van der Waals surface area (Å²) in [4.78, 5) is 2.00. The van der Waals surface area contributed by atoms with Crippen LogP contribution in [0.1, 0.15) is 39.0 Å². The van der Waals surface area contributed by atoms with E-state index < -0.39 is 6.10 Å². The molecule has 0 aromatic heterocycles. The molecule has 16 heavy (non-hydrogen) atoms. The predicted octanol–water partition coefficient (Wildman–Crippen LogP) is 0.321. The van der Waals surface area contributed by atoms with Gasteiger partial charge in [-0.05, 0) is 26.8 Å². The van der Waals surface area contributed by atoms with Crippen LogP contribution in [-0.4, -0.2) is 53.0 Å². The third-order valence-corrected chi connectivity index (χ3v) is 3.76. The number of nitrogens with zero attached hydrogens (tertiary/aromatic N) is 1. The van der Waals surface area contributed by atoms with Crippen molar-refractivity contribution >= 4 is 0 Å². The Morgan fingerprint density at radius 1 is 1.31 bits per heavy atom. The highest BCUT2D eigenvalue weighted by Gasteiger charge is 2.40. The Kier molecular flexibility index (Phi) is 5.18. The maximum absolute atomic E-state index is 9.92. The molecule has 0 spiro atoms. The molecule has 0 aromatic rings. The summed E-state index contributed by atoms with van der Waals surface area (Å²) in [5, 5.41) is 18.9. The molecule has 0 aliphatic heterocycles. The Balaban J connectivity index is 2.74. The Labute approximate surface area is 98.4 Å². The number of aliphatic hydroxyl groups is 2. The van der Waals surface area contributed by atoms with E-state index in [0.29, 0.717) is 6.54 Å². The fraction of sp³-hybridized carbons (Fsp3) is 1.00. The summed E-state index contributed by atoms with van der Waals surface area (Å²) in [7, 11) is 1.93. The van der Waals surface area contributed by atoms with Crippen molar-refractivity contribution in [1.29, 1.82) is 0 Å². The Hall–Kier alpha value is -0.160. The van der Waals surface area contributed by atoms with Gasteiger partial charge in [-0.2, -0.15) is 0 Å². The molecule has 4 N–H and O–H groups in total. The van der Waals surface area contributed by atoms with E-state index in [1.807, 2.05) is 11.9 Å². The summed E-state index contributed by atoms with van der Waals surface area (Å²) in [5.74, 6) is 0. The fourth-order valence-electron chi connectivity index (χ4n) is 3.09. The highest BCUT2D eigenvalue weighted by atomic mass is 16.3. The molecule has 4 nitrogen and oxygen atoms in total. The molecule has 1 saturated carbocycles. The molecular formula is C12H26N2O2. The van der Waals surface area contributed by atoms with Gasteiger partial charge < -0.3 is 15.9 Å². The first-order valence-corrected chi connectivity index (χ1v) is 6.29. The minimum absolute atomic E-state index is 0.0556. The molecule has 2 unspecified atom stereocenters. The van der Waals surface area contributed by atoms with Gasteiger partial charge in [0.1, 0.15) is 0 Å². The molecule has 0 heterocycles. The van der Waals surface area contributed by atoms with Gasteiger partial charge in [-0.15, -0.1) is 0 Å². The van der Waals surface area contributed by atoms with Gasteiger partial charge in [0, 0.05) is 12.1 Å². The van der Waals surface area contributed by atoms with Gasteiger partial charge in [-0.25, -0.2) is 0 Å². The average molecular weight is 230 g/mol. The molecule has 1 rings (SSSR count). The zero-order chi connectivity index (χ0) is 12.2. The van der Waals surface area contributed by atoms with Crippen molar-refractivity contribution in [3.63, 3.8) is 0 Å². The normalized spacial score (nSPS) is 24.4. The van der Waals surface area contributed by atoms with Gasteiger partial charge in [-0.3, -0.25) is 4.90 Å². The van der Waals surface area contributed by atoms with Crippen LogP contribution in [0.5, 0.6) is 0 Å². The zero-order valence-corrected chi connectivity index (χ0v) is 10.5. The lowest BCUT2D eigenvalue weighted by molar-refractivity contribution is 0.00704. The van der Waals surface area contributed by atoms with Crippen molar-refractivity contribution in [1.82, 2.24) is 4.90 Å². The topological polar surface area (TPSA) is 69.7 Å². The number of hydrogen-bond acceptors (Lipinski definition) is 4. The summed E-state index contributed by atoms with van der Waals surface area (Å²) >= 11 is 0. The standard InChI is InChI=1S/C12H26N2O2/c1-10(16)11(14(2)8-9-15)12(13)6-4-3-5-7-12/h10-11,15-16H,3-9,13H2,1-2H3. The van der Waals surface area contributed by atoms with Gasteiger partial charge in [0.2, 0.25) is 0 Å². The van der Waals surface area contributed by atoms with Crippen LogP contribution in [0.15, 0.2) is 0 Å². The third kappa shape index (κ3) is 3.17. The largest absolute Gasteiger partial charge is 0.395 e. The van der Waals surface area contributed by atoms with Crippen molar-refractivity contribution < 1.29 is 10.2 Å². The molecule has 0 amide bonds. The van der Waals surface area contributed by atoms with Crippen LogP contribution < -0.4 is 5.73 Å². The molecule has 1 aliphatic rings. The molecule has 0 radical (unpaired) electrons. The quantitative estimate of drug-likeness (QED) is 0.636. The Morgan fingerprint density at radius 2 is 1.88 bits per heavy atom. The SMILES string of the molecule is CC(O)C(N(C)CCO)C1(N)CCCCC1. The molecular weight excluding hydrogens is 204 g/mol. The van der Waals surface area contributed by atoms with Crippen LogP contribution in [0.2, 0.25) is 0 Å². The molecule has 0 saturated heterocycles. The van der Waals surface area contributed by atoms with Crippen molar-refractivity contribution in [3.8, 4) is 0 Å². The van der Waals surface area contributed by atoms with E-state index >= 15 is 0 Å². The number of likely N-dealkylation sites (N-methyl/N-ethyl adjacent to an activating group) is 1. The van der Waals surface area contributed by atoms with Gasteiger partial charge in [0.25, 0.3) is 0 Å². The second kappa shape index (κ2) is 5.96. The van der Waals surface area contributed by atoms with E-state index in [1.165, 1.54) is 6.42 Å². The van der Waals surface area contributed by atoms with Gasteiger partial charge in [0.05, 0.1) is 18.8 Å². The predicted molar refractivity (Wildman–Crippen MR) is 65.2 cm³/mol. The summed E-state index contributed by atoms with van der Waals surface area (Å²) in [6.45, 7) is 2.46. The molecule has 1 aliphatic carbocycles. The fourth-order valence-corrected chi connectivity index (χ4v) is 3.09. The van der Waals surface area contributed by atoms with Crippen LogP contribution in [0.3, 0.4) is 0 Å². The van der Waals surface area contributed by atoms with Crippen LogP contribution >= 0.6 is 0 Å². The number of hydrogen-bond donors (Lipinski definition) is 3. The van der Waals surface area contributed by atoms with E-state index in [2.05, 4.69) is 0 Å². The van der Waals surface area contributed by atoms with Crippen molar-refractivity contribution in [2.45, 2.75) is 56.7 Å². The van der Waals surface area contributed by atoms with E-state index in [4.69, 9.17) is 10.8 Å². The highest BCUT2D eigenvalue weighted by Crippen LogP contribution is 2.32. The number of aliphatic hydroxyl groups excluding tert-OH is 2. The molecule has 96 valence electrons. The smallest absolute Gasteiger partial charge is 0.0685 e. The maximum Gasteiger partial charge on any atom is 0.0685 e. The third-order valence-electron chi connectivity index (χ3n) is 3.76. The number of nitrogens with two attached hydrogens (primary N) is 1. The second-order valence-electron chi connectivity index (χ2n) is 5.18. The summed E-state index contributed by atoms with van der Waals surface area (Å²) in [5.41, 5.74) is 6.16. The first kappa shape index (κ1) is 13.9. The lowest BCUT2D eigenvalue weighted by Gasteiger charge is -2.46. The van der Waals surface area contributed by atoms with Gasteiger partial charge >= 0.3 is 0 Å². The van der Waals surface area contributed by atoms with E-state index in [-0.39, 0.29) is 18.2 Å². The molecule has 0 aromatic carbocycles. The van der Waals surface area contributed by atoms with Crippen LogP contribution in [0, 0.1) is 0 Å². The number of rotatable bonds is 5. The monoisotopic (exact) mass is 230 g/mol. The minimum atomic E-state index is -0.459. The summed E-state index contributed by atoms with van der Waals surface area (Å²) < 4.78 is 0. The summed E-state index contributed by atoms with van der Waals surface area (Å²) in [6.07, 6.45) is 5.02. The van der Waals surface area contributed by atoms with E-state index in [1.54, 1.807) is 6.92 Å². The second-order valence-corrected chi connectivity index (χ2v) is 5.18. The van der Waals surface area contributed by atoms with E-state index in [0.717, 1.165) is 25.7 Å². The van der Waals surface area contributed by atoms with Crippen molar-refractivity contribution in [2.24, 2.45) is 5.73 Å². The molecule has 4 heteroatoms. The molecule has 0 bridgehead atoms. The molecule has 1 fully saturated rings. The highest BCUT2D eigenvalue weighted by molar-refractivity contribution is 5.00. The molecule has 2 atom stereocenters. The Morgan fingerprint density at radius 3 is 2.31 bits per heavy atom. The van der Waals surface area contributed by atoms with Crippen molar-refractivity contribution in [2.75, 3.05) is 20.2 Å².